The summed E-state index contributed by atoms with van der Waals surface area (Å²) in [6, 6.07) is 2.04. The molecule has 0 bridgehead atoms. The summed E-state index contributed by atoms with van der Waals surface area (Å²) in [5.41, 5.74) is 1.85. The van der Waals surface area contributed by atoms with E-state index in [1.807, 2.05) is 6.92 Å². The molecule has 4 heterocycles. The average Bonchev–Trinajstić information content (AvgIpc) is 3.12. The molecule has 33 heavy (non-hydrogen) atoms. The van der Waals surface area contributed by atoms with E-state index in [1.54, 1.807) is 16.9 Å². The van der Waals surface area contributed by atoms with Gasteiger partial charge in [-0.2, -0.15) is 23.3 Å². The number of nitrogens with zero attached hydrogens (tertiary/aromatic N) is 7. The maximum Gasteiger partial charge on any atom is 0.411 e. The van der Waals surface area contributed by atoms with Crippen molar-refractivity contribution in [3.05, 3.63) is 24.3 Å². The SMILES string of the molecule is CC[C@@H]1CN(c2nc(Nc3ccncn3)c3c(n2)c(C)nn3CCOCC(F)(F)F)CCN1. The number of hydrogen-bond acceptors (Lipinski definition) is 9. The van der Waals surface area contributed by atoms with Crippen molar-refractivity contribution in [3.63, 3.8) is 0 Å². The van der Waals surface area contributed by atoms with E-state index in [4.69, 9.17) is 14.7 Å². The van der Waals surface area contributed by atoms with Crippen molar-refractivity contribution in [2.24, 2.45) is 0 Å². The van der Waals surface area contributed by atoms with Gasteiger partial charge < -0.3 is 20.3 Å². The summed E-state index contributed by atoms with van der Waals surface area (Å²) in [7, 11) is 0. The smallest absolute Gasteiger partial charge is 0.370 e. The number of nitrogens with one attached hydrogen (secondary N) is 2. The Kier molecular flexibility index (Phi) is 6.88. The van der Waals surface area contributed by atoms with E-state index < -0.39 is 12.8 Å². The first-order chi connectivity index (χ1) is 15.8. The Hall–Kier alpha value is -3.06. The van der Waals surface area contributed by atoms with Crippen LogP contribution in [0.15, 0.2) is 18.6 Å². The summed E-state index contributed by atoms with van der Waals surface area (Å²) in [5, 5.41) is 11.2. The highest BCUT2D eigenvalue weighted by molar-refractivity contribution is 5.90. The molecular formula is C20H26F3N9O. The third kappa shape index (κ3) is 5.66. The zero-order valence-corrected chi connectivity index (χ0v) is 18.4. The van der Waals surface area contributed by atoms with Crippen LogP contribution in [0.2, 0.25) is 0 Å². The molecule has 1 saturated heterocycles. The molecule has 13 heteroatoms. The van der Waals surface area contributed by atoms with Gasteiger partial charge >= 0.3 is 6.18 Å². The van der Waals surface area contributed by atoms with Crippen LogP contribution in [0.1, 0.15) is 19.0 Å². The summed E-state index contributed by atoms with van der Waals surface area (Å²) < 4.78 is 43.6. The molecule has 3 aromatic rings. The van der Waals surface area contributed by atoms with Gasteiger partial charge in [0.25, 0.3) is 0 Å². The quantitative estimate of drug-likeness (QED) is 0.485. The first kappa shape index (κ1) is 23.1. The van der Waals surface area contributed by atoms with E-state index in [1.165, 1.54) is 6.33 Å². The molecule has 4 rings (SSSR count). The van der Waals surface area contributed by atoms with Gasteiger partial charge in [-0.3, -0.25) is 4.68 Å². The Morgan fingerprint density at radius 2 is 2.15 bits per heavy atom. The van der Waals surface area contributed by atoms with Gasteiger partial charge in [0.2, 0.25) is 5.95 Å². The zero-order valence-electron chi connectivity index (χ0n) is 18.4. The van der Waals surface area contributed by atoms with Crippen LogP contribution in [0.4, 0.5) is 30.8 Å². The lowest BCUT2D eigenvalue weighted by Crippen LogP contribution is -2.51. The topological polar surface area (TPSA) is 106 Å². The van der Waals surface area contributed by atoms with Gasteiger partial charge in [-0.1, -0.05) is 6.92 Å². The molecule has 10 nitrogen and oxygen atoms in total. The molecule has 1 atom stereocenters. The lowest BCUT2D eigenvalue weighted by atomic mass is 10.1. The van der Waals surface area contributed by atoms with Crippen LogP contribution in [0.25, 0.3) is 11.0 Å². The summed E-state index contributed by atoms with van der Waals surface area (Å²) in [6.07, 6.45) is -0.374. The second-order valence-corrected chi connectivity index (χ2v) is 7.77. The van der Waals surface area contributed by atoms with Crippen molar-refractivity contribution < 1.29 is 17.9 Å². The molecule has 0 amide bonds. The van der Waals surface area contributed by atoms with Crippen molar-refractivity contribution >= 4 is 28.6 Å². The van der Waals surface area contributed by atoms with Crippen LogP contribution >= 0.6 is 0 Å². The minimum atomic E-state index is -4.38. The Morgan fingerprint density at radius 1 is 1.30 bits per heavy atom. The molecule has 3 aromatic heterocycles. The number of alkyl halides is 3. The molecule has 0 radical (unpaired) electrons. The molecule has 0 unspecified atom stereocenters. The Balaban J connectivity index is 1.68. The largest absolute Gasteiger partial charge is 0.411 e. The second-order valence-electron chi connectivity index (χ2n) is 7.77. The van der Waals surface area contributed by atoms with Crippen LogP contribution in [-0.4, -0.2) is 74.8 Å². The molecule has 1 aliphatic heterocycles. The minimum absolute atomic E-state index is 0.118. The summed E-state index contributed by atoms with van der Waals surface area (Å²) in [6.45, 7) is 4.95. The fraction of sp³-hybridized carbons (Fsp3) is 0.550. The molecule has 0 aliphatic carbocycles. The molecule has 0 aromatic carbocycles. The first-order valence-corrected chi connectivity index (χ1v) is 10.7. The van der Waals surface area contributed by atoms with Crippen LogP contribution < -0.4 is 15.5 Å². The number of ether oxygens (including phenoxy) is 1. The van der Waals surface area contributed by atoms with Crippen molar-refractivity contribution in [2.75, 3.05) is 43.1 Å². The Morgan fingerprint density at radius 3 is 2.88 bits per heavy atom. The molecule has 2 N–H and O–H groups in total. The number of rotatable bonds is 8. The number of fused-ring (bicyclic) bond motifs is 1. The van der Waals surface area contributed by atoms with Crippen LogP contribution in [0.5, 0.6) is 0 Å². The van der Waals surface area contributed by atoms with Crippen LogP contribution in [0.3, 0.4) is 0 Å². The zero-order chi connectivity index (χ0) is 23.4. The molecule has 1 aliphatic rings. The van der Waals surface area contributed by atoms with E-state index in [0.717, 1.165) is 26.1 Å². The monoisotopic (exact) mass is 465 g/mol. The van der Waals surface area contributed by atoms with Crippen LogP contribution in [-0.2, 0) is 11.3 Å². The van der Waals surface area contributed by atoms with Crippen molar-refractivity contribution in [1.82, 2.24) is 35.0 Å². The lowest BCUT2D eigenvalue weighted by molar-refractivity contribution is -0.174. The highest BCUT2D eigenvalue weighted by Gasteiger charge is 2.28. The first-order valence-electron chi connectivity index (χ1n) is 10.7. The van der Waals surface area contributed by atoms with Gasteiger partial charge in [-0.15, -0.1) is 0 Å². The molecule has 1 fully saturated rings. The number of piperazine rings is 1. The lowest BCUT2D eigenvalue weighted by Gasteiger charge is -2.33. The fourth-order valence-corrected chi connectivity index (χ4v) is 3.71. The van der Waals surface area contributed by atoms with Crippen molar-refractivity contribution in [2.45, 2.75) is 39.0 Å². The maximum absolute atomic E-state index is 12.4. The highest BCUT2D eigenvalue weighted by atomic mass is 19.4. The van der Waals surface area contributed by atoms with Gasteiger partial charge in [0, 0.05) is 31.9 Å². The Bertz CT molecular complexity index is 1070. The van der Waals surface area contributed by atoms with E-state index in [9.17, 15) is 13.2 Å². The number of anilines is 3. The van der Waals surface area contributed by atoms with Gasteiger partial charge in [0.15, 0.2) is 5.82 Å². The predicted octanol–water partition coefficient (Wildman–Crippen LogP) is 2.44. The van der Waals surface area contributed by atoms with Gasteiger partial charge in [0.1, 0.15) is 29.8 Å². The predicted molar refractivity (Wildman–Crippen MR) is 117 cm³/mol. The summed E-state index contributed by atoms with van der Waals surface area (Å²) in [4.78, 5) is 19.8. The maximum atomic E-state index is 12.4. The molecule has 0 spiro atoms. The standard InChI is InChI=1S/C20H26F3N9O/c1-3-14-10-31(7-6-25-14)19-28-16-13(2)30-32(8-9-33-11-20(21,22)23)17(16)18(29-19)27-15-4-5-24-12-26-15/h4-5,12,14,25H,3,6-11H2,1-2H3,(H,24,26,27,28,29)/t14-/m1/s1. The van der Waals surface area contributed by atoms with Gasteiger partial charge in [-0.25, -0.2) is 15.0 Å². The fourth-order valence-electron chi connectivity index (χ4n) is 3.71. The normalized spacial score (nSPS) is 17.0. The van der Waals surface area contributed by atoms with Crippen molar-refractivity contribution in [1.29, 1.82) is 0 Å². The number of aromatic nitrogens is 6. The molecular weight excluding hydrogens is 439 g/mol. The number of aryl methyl sites for hydroxylation is 1. The van der Waals surface area contributed by atoms with Crippen LogP contribution in [0, 0.1) is 6.92 Å². The van der Waals surface area contributed by atoms with E-state index in [0.29, 0.717) is 40.4 Å². The van der Waals surface area contributed by atoms with E-state index >= 15 is 0 Å². The van der Waals surface area contributed by atoms with E-state index in [2.05, 4.69) is 37.5 Å². The second kappa shape index (κ2) is 9.83. The minimum Gasteiger partial charge on any atom is -0.370 e. The summed E-state index contributed by atoms with van der Waals surface area (Å²) >= 11 is 0. The van der Waals surface area contributed by atoms with Gasteiger partial charge in [0.05, 0.1) is 18.8 Å². The molecule has 178 valence electrons. The number of hydrogen-bond donors (Lipinski definition) is 2. The van der Waals surface area contributed by atoms with Gasteiger partial charge in [-0.05, 0) is 19.4 Å². The molecule has 0 saturated carbocycles. The Labute approximate surface area is 188 Å². The third-order valence-electron chi connectivity index (χ3n) is 5.32. The number of halogens is 3. The highest BCUT2D eigenvalue weighted by Crippen LogP contribution is 2.28. The van der Waals surface area contributed by atoms with Crippen molar-refractivity contribution in [3.8, 4) is 0 Å². The van der Waals surface area contributed by atoms with E-state index in [-0.39, 0.29) is 13.2 Å². The average molecular weight is 465 g/mol. The summed E-state index contributed by atoms with van der Waals surface area (Å²) in [5.74, 6) is 1.56. The third-order valence-corrected chi connectivity index (χ3v) is 5.32.